The number of allylic oxidation sites excluding steroid dienone is 2. The number of nitrogens with one attached hydrogen (secondary N) is 1. The summed E-state index contributed by atoms with van der Waals surface area (Å²) in [6.07, 6.45) is 3.55. The Kier molecular flexibility index (Phi) is 3.57. The summed E-state index contributed by atoms with van der Waals surface area (Å²) in [5.74, 6) is -0.269. The number of rotatable bonds is 1. The van der Waals surface area contributed by atoms with E-state index in [0.717, 1.165) is 18.1 Å². The zero-order valence-corrected chi connectivity index (χ0v) is 13.3. The van der Waals surface area contributed by atoms with Gasteiger partial charge in [-0.15, -0.1) is 0 Å². The first kappa shape index (κ1) is 15.5. The molecule has 0 radical (unpaired) electrons. The number of hydrogen-bond acceptors (Lipinski definition) is 2. The van der Waals surface area contributed by atoms with Gasteiger partial charge in [-0.2, -0.15) is 13.2 Å². The Labute approximate surface area is 142 Å². The van der Waals surface area contributed by atoms with Crippen molar-refractivity contribution in [2.75, 3.05) is 5.32 Å². The standard InChI is InChI=1S/C18H14ClF3N2/c19-14-5-4-13(18(20,21)22)15-11-2-1-3-12(11)16(24-17(14)15)10-6-8-23-9-7-10/h1-2,4-9,11-12,16,24H,3H2/t11-,12-,16-/m1/s1. The molecule has 1 aliphatic heterocycles. The van der Waals surface area contributed by atoms with E-state index < -0.39 is 11.7 Å². The van der Waals surface area contributed by atoms with Gasteiger partial charge in [0.15, 0.2) is 0 Å². The molecule has 2 aliphatic rings. The minimum absolute atomic E-state index is 0.0273. The lowest BCUT2D eigenvalue weighted by Gasteiger charge is -2.39. The zero-order valence-electron chi connectivity index (χ0n) is 12.5. The summed E-state index contributed by atoms with van der Waals surface area (Å²) in [6.45, 7) is 0. The number of pyridine rings is 1. The summed E-state index contributed by atoms with van der Waals surface area (Å²) in [5.41, 5.74) is 1.05. The van der Waals surface area contributed by atoms with Gasteiger partial charge in [-0.3, -0.25) is 4.98 Å². The largest absolute Gasteiger partial charge is 0.416 e. The topological polar surface area (TPSA) is 24.9 Å². The average molecular weight is 351 g/mol. The van der Waals surface area contributed by atoms with Gasteiger partial charge in [-0.25, -0.2) is 0 Å². The molecule has 1 aromatic heterocycles. The van der Waals surface area contributed by atoms with E-state index in [1.165, 1.54) is 6.07 Å². The molecule has 124 valence electrons. The average Bonchev–Trinajstić information content (AvgIpc) is 3.04. The lowest BCUT2D eigenvalue weighted by molar-refractivity contribution is -0.138. The summed E-state index contributed by atoms with van der Waals surface area (Å²) in [7, 11) is 0. The first-order chi connectivity index (χ1) is 11.5. The van der Waals surface area contributed by atoms with Gasteiger partial charge >= 0.3 is 6.18 Å². The van der Waals surface area contributed by atoms with Crippen molar-refractivity contribution in [1.82, 2.24) is 4.98 Å². The van der Waals surface area contributed by atoms with Gasteiger partial charge in [0.25, 0.3) is 0 Å². The molecule has 2 nitrogen and oxygen atoms in total. The molecule has 24 heavy (non-hydrogen) atoms. The van der Waals surface area contributed by atoms with Crippen molar-refractivity contribution >= 4 is 17.3 Å². The molecule has 1 aliphatic carbocycles. The minimum atomic E-state index is -4.40. The maximum Gasteiger partial charge on any atom is 0.416 e. The van der Waals surface area contributed by atoms with Crippen LogP contribution in [0.5, 0.6) is 0 Å². The van der Waals surface area contributed by atoms with Crippen LogP contribution in [0.3, 0.4) is 0 Å². The number of benzene rings is 1. The molecule has 0 saturated heterocycles. The van der Waals surface area contributed by atoms with Crippen molar-refractivity contribution in [3.8, 4) is 0 Å². The van der Waals surface area contributed by atoms with E-state index in [-0.39, 0.29) is 23.4 Å². The van der Waals surface area contributed by atoms with Crippen LogP contribution in [0.1, 0.15) is 35.1 Å². The van der Waals surface area contributed by atoms with E-state index >= 15 is 0 Å². The second-order valence-electron chi connectivity index (χ2n) is 6.14. The third-order valence-electron chi connectivity index (χ3n) is 4.84. The molecule has 3 atom stereocenters. The minimum Gasteiger partial charge on any atom is -0.376 e. The predicted molar refractivity (Wildman–Crippen MR) is 87.0 cm³/mol. The second kappa shape index (κ2) is 5.52. The van der Waals surface area contributed by atoms with Crippen LogP contribution in [0.4, 0.5) is 18.9 Å². The SMILES string of the molecule is FC(F)(F)c1ccc(Cl)c2c1[C@@H]1C=CC[C@H]1[C@@H](c1ccncc1)N2. The highest BCUT2D eigenvalue weighted by atomic mass is 35.5. The highest BCUT2D eigenvalue weighted by molar-refractivity contribution is 6.33. The molecule has 0 fully saturated rings. The van der Waals surface area contributed by atoms with Crippen molar-refractivity contribution in [1.29, 1.82) is 0 Å². The normalized spacial score (nSPS) is 25.1. The lowest BCUT2D eigenvalue weighted by atomic mass is 9.75. The fourth-order valence-electron chi connectivity index (χ4n) is 3.82. The number of aromatic nitrogens is 1. The van der Waals surface area contributed by atoms with Crippen molar-refractivity contribution < 1.29 is 13.2 Å². The van der Waals surface area contributed by atoms with Crippen molar-refractivity contribution in [2.24, 2.45) is 5.92 Å². The fourth-order valence-corrected chi connectivity index (χ4v) is 4.04. The smallest absolute Gasteiger partial charge is 0.376 e. The zero-order chi connectivity index (χ0) is 16.9. The Hall–Kier alpha value is -2.01. The van der Waals surface area contributed by atoms with E-state index in [4.69, 9.17) is 11.6 Å². The lowest BCUT2D eigenvalue weighted by Crippen LogP contribution is -2.31. The van der Waals surface area contributed by atoms with Crippen LogP contribution in [0.25, 0.3) is 0 Å². The summed E-state index contributed by atoms with van der Waals surface area (Å²) in [6, 6.07) is 6.08. The third-order valence-corrected chi connectivity index (χ3v) is 5.15. The van der Waals surface area contributed by atoms with E-state index in [2.05, 4.69) is 10.3 Å². The van der Waals surface area contributed by atoms with Crippen LogP contribution in [0.15, 0.2) is 48.8 Å². The van der Waals surface area contributed by atoms with Crippen molar-refractivity contribution in [3.63, 3.8) is 0 Å². The fraction of sp³-hybridized carbons (Fsp3) is 0.278. The van der Waals surface area contributed by atoms with Crippen LogP contribution in [-0.2, 0) is 6.18 Å². The maximum absolute atomic E-state index is 13.5. The van der Waals surface area contributed by atoms with E-state index in [9.17, 15) is 13.2 Å². The number of hydrogen-bond donors (Lipinski definition) is 1. The number of alkyl halides is 3. The van der Waals surface area contributed by atoms with Gasteiger partial charge in [0, 0.05) is 18.3 Å². The number of anilines is 1. The Morgan fingerprint density at radius 3 is 2.58 bits per heavy atom. The van der Waals surface area contributed by atoms with Gasteiger partial charge < -0.3 is 5.32 Å². The Morgan fingerprint density at radius 1 is 1.12 bits per heavy atom. The van der Waals surface area contributed by atoms with Gasteiger partial charge in [-0.1, -0.05) is 23.8 Å². The first-order valence-electron chi connectivity index (χ1n) is 7.69. The molecule has 4 rings (SSSR count). The van der Waals surface area contributed by atoms with Crippen LogP contribution in [0.2, 0.25) is 5.02 Å². The summed E-state index contributed by atoms with van der Waals surface area (Å²) in [4.78, 5) is 4.02. The highest BCUT2D eigenvalue weighted by Crippen LogP contribution is 2.54. The Bertz CT molecular complexity index is 802. The molecule has 2 heterocycles. The predicted octanol–water partition coefficient (Wildman–Crippen LogP) is 5.58. The molecule has 2 aromatic rings. The summed E-state index contributed by atoms with van der Waals surface area (Å²) in [5, 5.41) is 3.58. The van der Waals surface area contributed by atoms with Crippen LogP contribution < -0.4 is 5.32 Å². The molecule has 0 saturated carbocycles. The number of halogens is 4. The monoisotopic (exact) mass is 350 g/mol. The molecule has 6 heteroatoms. The Balaban J connectivity index is 1.89. The molecule has 0 unspecified atom stereocenters. The highest BCUT2D eigenvalue weighted by Gasteiger charge is 2.44. The Morgan fingerprint density at radius 2 is 1.88 bits per heavy atom. The molecule has 1 aromatic carbocycles. The van der Waals surface area contributed by atoms with E-state index in [1.807, 2.05) is 24.3 Å². The number of fused-ring (bicyclic) bond motifs is 3. The van der Waals surface area contributed by atoms with Gasteiger partial charge in [-0.05, 0) is 47.7 Å². The second-order valence-corrected chi connectivity index (χ2v) is 6.54. The van der Waals surface area contributed by atoms with Gasteiger partial charge in [0.2, 0.25) is 0 Å². The quantitative estimate of drug-likeness (QED) is 0.679. The molecule has 1 N–H and O–H groups in total. The molecule has 0 bridgehead atoms. The van der Waals surface area contributed by atoms with Crippen LogP contribution >= 0.6 is 11.6 Å². The summed E-state index contributed by atoms with van der Waals surface area (Å²) >= 11 is 6.24. The summed E-state index contributed by atoms with van der Waals surface area (Å²) < 4.78 is 40.4. The van der Waals surface area contributed by atoms with Crippen LogP contribution in [-0.4, -0.2) is 4.98 Å². The van der Waals surface area contributed by atoms with Crippen LogP contribution in [0, 0.1) is 5.92 Å². The molecular formula is C18H14ClF3N2. The van der Waals surface area contributed by atoms with Crippen molar-refractivity contribution in [2.45, 2.75) is 24.6 Å². The first-order valence-corrected chi connectivity index (χ1v) is 8.07. The number of nitrogens with zero attached hydrogens (tertiary/aromatic N) is 1. The molecule has 0 amide bonds. The van der Waals surface area contributed by atoms with E-state index in [1.54, 1.807) is 12.4 Å². The van der Waals surface area contributed by atoms with Gasteiger partial charge in [0.1, 0.15) is 0 Å². The van der Waals surface area contributed by atoms with E-state index in [0.29, 0.717) is 10.7 Å². The third kappa shape index (κ3) is 2.38. The van der Waals surface area contributed by atoms with Gasteiger partial charge in [0.05, 0.1) is 22.3 Å². The molecule has 0 spiro atoms. The van der Waals surface area contributed by atoms with Crippen molar-refractivity contribution in [3.05, 3.63) is 70.5 Å². The maximum atomic E-state index is 13.5. The molecular weight excluding hydrogens is 337 g/mol.